The van der Waals surface area contributed by atoms with Gasteiger partial charge in [0.05, 0.1) is 24.1 Å². The quantitative estimate of drug-likeness (QED) is 0.359. The Kier molecular flexibility index (Phi) is 7.79. The number of hydrogen-bond donors (Lipinski definition) is 3. The summed E-state index contributed by atoms with van der Waals surface area (Å²) in [6.45, 7) is 10.6. The molecule has 36 heavy (non-hydrogen) atoms. The topological polar surface area (TPSA) is 99.8 Å². The maximum atomic E-state index is 14.4. The van der Waals surface area contributed by atoms with Crippen molar-refractivity contribution in [1.82, 2.24) is 9.99 Å². The normalized spacial score (nSPS) is 27.4. The number of halogens is 3. The summed E-state index contributed by atoms with van der Waals surface area (Å²) in [5.41, 5.74) is -2.02. The van der Waals surface area contributed by atoms with Crippen LogP contribution in [-0.2, 0) is 19.3 Å². The van der Waals surface area contributed by atoms with Gasteiger partial charge in [-0.15, -0.1) is 0 Å². The Morgan fingerprint density at radius 1 is 1.25 bits per heavy atom. The first-order valence-electron chi connectivity index (χ1n) is 11.6. The smallest absolute Gasteiger partial charge is 0.341 e. The highest BCUT2D eigenvalue weighted by molar-refractivity contribution is 7.92. The number of fused-ring (bicyclic) bond motifs is 1. The molecule has 0 aliphatic carbocycles. The molecule has 13 heteroatoms. The van der Waals surface area contributed by atoms with Gasteiger partial charge in [0.1, 0.15) is 5.82 Å². The molecule has 0 amide bonds. The summed E-state index contributed by atoms with van der Waals surface area (Å²) in [6.07, 6.45) is -3.26. The van der Waals surface area contributed by atoms with Crippen molar-refractivity contribution in [2.45, 2.75) is 65.7 Å². The molecule has 0 saturated carbocycles. The minimum atomic E-state index is -4.78. The largest absolute Gasteiger partial charge is 0.414 e. The van der Waals surface area contributed by atoms with Gasteiger partial charge in [-0.2, -0.15) is 13.2 Å². The van der Waals surface area contributed by atoms with Gasteiger partial charge in [-0.3, -0.25) is 14.4 Å². The molecule has 0 bridgehead atoms. The Morgan fingerprint density at radius 2 is 1.89 bits per heavy atom. The van der Waals surface area contributed by atoms with Gasteiger partial charge in [-0.1, -0.05) is 20.8 Å². The first-order chi connectivity index (χ1) is 16.4. The number of likely N-dealkylation sites (tertiary alicyclic amines) is 1. The zero-order chi connectivity index (χ0) is 27.3. The summed E-state index contributed by atoms with van der Waals surface area (Å²) in [7, 11) is -5.11. The van der Waals surface area contributed by atoms with E-state index in [1.807, 2.05) is 20.8 Å². The van der Waals surface area contributed by atoms with E-state index in [0.29, 0.717) is 29.7 Å². The molecule has 2 aliphatic rings. The molecule has 2 heterocycles. The third kappa shape index (κ3) is 5.66. The molecule has 3 N–H and O–H groups in total. The molecule has 202 valence electrons. The van der Waals surface area contributed by atoms with E-state index >= 15 is 0 Å². The molecule has 3 atom stereocenters. The Bertz CT molecular complexity index is 1170. The number of nitrogens with one attached hydrogen (secondary N) is 3. The van der Waals surface area contributed by atoms with Crippen LogP contribution in [0.1, 0.15) is 48.0 Å². The first-order valence-corrected chi connectivity index (χ1v) is 14.7. The molecular weight excluding hydrogens is 516 g/mol. The molecule has 2 aliphatic heterocycles. The molecule has 0 spiro atoms. The maximum Gasteiger partial charge on any atom is 0.414 e. The second kappa shape index (κ2) is 9.78. The van der Waals surface area contributed by atoms with Gasteiger partial charge in [-0.05, 0) is 50.8 Å². The number of alkyl halides is 3. The van der Waals surface area contributed by atoms with Crippen LogP contribution in [0.4, 0.5) is 24.5 Å². The average molecular weight is 551 g/mol. The van der Waals surface area contributed by atoms with Crippen molar-refractivity contribution in [3.63, 3.8) is 0 Å². The van der Waals surface area contributed by atoms with Crippen molar-refractivity contribution in [2.24, 2.45) is 5.41 Å². The van der Waals surface area contributed by atoms with Crippen molar-refractivity contribution in [3.05, 3.63) is 29.6 Å². The number of sulfonamides is 1. The van der Waals surface area contributed by atoms with Gasteiger partial charge >= 0.3 is 6.18 Å². The van der Waals surface area contributed by atoms with Crippen LogP contribution < -0.4 is 20.4 Å². The molecule has 8 nitrogen and oxygen atoms in total. The van der Waals surface area contributed by atoms with Crippen LogP contribution in [0.5, 0.6) is 0 Å². The number of anilines is 2. The lowest BCUT2D eigenvalue weighted by Crippen LogP contribution is -2.58. The maximum absolute atomic E-state index is 14.4. The van der Waals surface area contributed by atoms with Gasteiger partial charge in [-0.25, -0.2) is 8.42 Å². The lowest BCUT2D eigenvalue weighted by atomic mass is 9.90. The van der Waals surface area contributed by atoms with Crippen molar-refractivity contribution in [2.75, 3.05) is 29.4 Å². The van der Waals surface area contributed by atoms with E-state index in [1.54, 1.807) is 26.0 Å². The van der Waals surface area contributed by atoms with Gasteiger partial charge in [0.15, 0.2) is 19.6 Å². The number of ketones is 1. The van der Waals surface area contributed by atoms with Crippen LogP contribution in [0.3, 0.4) is 0 Å². The molecule has 3 unspecified atom stereocenters. The van der Waals surface area contributed by atoms with E-state index < -0.39 is 41.9 Å². The number of nitrogens with zero attached hydrogens (tertiary/aromatic N) is 1. The minimum Gasteiger partial charge on any atom is -0.341 e. The Balaban J connectivity index is 2.09. The van der Waals surface area contributed by atoms with E-state index in [-0.39, 0.29) is 23.4 Å². The van der Waals surface area contributed by atoms with Crippen LogP contribution in [0.25, 0.3) is 0 Å². The molecule has 1 aromatic rings. The number of carbonyl (C=O) groups is 1. The predicted molar refractivity (Wildman–Crippen MR) is 137 cm³/mol. The third-order valence-electron chi connectivity index (χ3n) is 6.32. The number of rotatable bonds is 6. The Labute approximate surface area is 212 Å². The number of Topliss-reactive ketones (excluding diaryl/α,β-unsaturated/α-hetero) is 1. The second-order valence-corrected chi connectivity index (χ2v) is 13.7. The number of hydrogen-bond acceptors (Lipinski definition) is 7. The monoisotopic (exact) mass is 550 g/mol. The lowest BCUT2D eigenvalue weighted by Gasteiger charge is -2.38. The molecule has 0 aromatic heterocycles. The van der Waals surface area contributed by atoms with E-state index in [0.717, 1.165) is 13.2 Å². The molecular formula is C23H34F3N4O4PS. The van der Waals surface area contributed by atoms with Crippen LogP contribution in [0.2, 0.25) is 0 Å². The fraction of sp³-hybridized carbons (Fsp3) is 0.609. The van der Waals surface area contributed by atoms with Gasteiger partial charge in [0, 0.05) is 23.6 Å². The lowest BCUT2D eigenvalue weighted by molar-refractivity contribution is -0.217. The standard InChI is InChI=1S/C23H34F3N4O4PS/c1-8-34-35-17-13-15(29-36(7,32)33)9-10-16(17)27-20(28-35)18-14(2)30(12-11-21(3,4)5)22(6,19(18)31)23(24,25)26/h9-10,13-14,27-29H,8,11-12H2,1-7H3. The predicted octanol–water partition coefficient (Wildman–Crippen LogP) is 4.29. The zero-order valence-corrected chi connectivity index (χ0v) is 23.2. The van der Waals surface area contributed by atoms with Crippen LogP contribution in [-0.4, -0.2) is 56.3 Å². The third-order valence-corrected chi connectivity index (χ3v) is 8.68. The van der Waals surface area contributed by atoms with Crippen molar-refractivity contribution in [3.8, 4) is 0 Å². The second-order valence-electron chi connectivity index (χ2n) is 10.4. The SMILES string of the molecule is CCOP1NC(=C2C(=O)C(C)(C(F)(F)F)N(CCC(C)(C)C)C2C)Nc2ccc(NS(C)(=O)=O)cc21. The first kappa shape index (κ1) is 28.7. The average Bonchev–Trinajstić information content (AvgIpc) is 2.91. The highest BCUT2D eigenvalue weighted by atomic mass is 32.2. The van der Waals surface area contributed by atoms with Crippen molar-refractivity contribution < 1.29 is 30.9 Å². The summed E-state index contributed by atoms with van der Waals surface area (Å²) in [5.74, 6) is -0.825. The Hall–Kier alpha value is -1.88. The zero-order valence-electron chi connectivity index (χ0n) is 21.5. The number of benzene rings is 1. The van der Waals surface area contributed by atoms with E-state index in [1.165, 1.54) is 11.0 Å². The highest BCUT2D eigenvalue weighted by Crippen LogP contribution is 2.48. The van der Waals surface area contributed by atoms with E-state index in [2.05, 4.69) is 15.1 Å². The van der Waals surface area contributed by atoms with Crippen LogP contribution in [0, 0.1) is 5.41 Å². The summed E-state index contributed by atoms with van der Waals surface area (Å²) in [6, 6.07) is 3.94. The van der Waals surface area contributed by atoms with E-state index in [4.69, 9.17) is 4.52 Å². The molecule has 3 rings (SSSR count). The fourth-order valence-corrected chi connectivity index (χ4v) is 6.50. The van der Waals surface area contributed by atoms with E-state index in [9.17, 15) is 26.4 Å². The summed E-state index contributed by atoms with van der Waals surface area (Å²) < 4.78 is 74.7. The molecule has 0 radical (unpaired) electrons. The van der Waals surface area contributed by atoms with Gasteiger partial charge in [0.25, 0.3) is 0 Å². The molecule has 1 saturated heterocycles. The fourth-order valence-electron chi connectivity index (χ4n) is 4.38. The molecule has 1 aromatic carbocycles. The number of carbonyl (C=O) groups excluding carboxylic acids is 1. The van der Waals surface area contributed by atoms with Gasteiger partial charge in [0.2, 0.25) is 10.0 Å². The van der Waals surface area contributed by atoms with Gasteiger partial charge < -0.3 is 14.9 Å². The Morgan fingerprint density at radius 3 is 2.42 bits per heavy atom. The summed E-state index contributed by atoms with van der Waals surface area (Å²) in [5, 5.41) is 6.79. The van der Waals surface area contributed by atoms with Crippen molar-refractivity contribution in [1.29, 1.82) is 0 Å². The summed E-state index contributed by atoms with van der Waals surface area (Å²) in [4.78, 5) is 14.7. The van der Waals surface area contributed by atoms with Crippen molar-refractivity contribution >= 4 is 40.8 Å². The molecule has 1 fully saturated rings. The van der Waals surface area contributed by atoms with Crippen LogP contribution >= 0.6 is 8.30 Å². The minimum absolute atomic E-state index is 0.0138. The highest BCUT2D eigenvalue weighted by Gasteiger charge is 2.67. The van der Waals surface area contributed by atoms with Crippen LogP contribution in [0.15, 0.2) is 29.6 Å². The summed E-state index contributed by atoms with van der Waals surface area (Å²) >= 11 is 0.